The maximum atomic E-state index is 15.5. The lowest BCUT2D eigenvalue weighted by atomic mass is 9.90. The SMILES string of the molecule is CCCCC(C(=O)O)c1c(F)cc(-c2ccc(OC)cc2)c(OCC2CC2)c1F. The van der Waals surface area contributed by atoms with Crippen LogP contribution < -0.4 is 9.47 Å². The number of halogens is 2. The van der Waals surface area contributed by atoms with Crippen LogP contribution in [0.3, 0.4) is 0 Å². The second-order valence-electron chi connectivity index (χ2n) is 7.48. The number of ether oxygens (including phenoxy) is 2. The first-order chi connectivity index (χ1) is 14.0. The van der Waals surface area contributed by atoms with Gasteiger partial charge in [0.05, 0.1) is 19.6 Å². The van der Waals surface area contributed by atoms with Crippen LogP contribution in [-0.2, 0) is 4.79 Å². The van der Waals surface area contributed by atoms with Crippen LogP contribution in [0.4, 0.5) is 8.78 Å². The molecule has 0 aromatic heterocycles. The molecule has 0 saturated heterocycles. The van der Waals surface area contributed by atoms with Crippen molar-refractivity contribution < 1.29 is 28.2 Å². The predicted molar refractivity (Wildman–Crippen MR) is 106 cm³/mol. The number of carboxylic acid groups (broad SMARTS) is 1. The van der Waals surface area contributed by atoms with Crippen molar-refractivity contribution in [3.05, 3.63) is 47.5 Å². The summed E-state index contributed by atoms with van der Waals surface area (Å²) in [4.78, 5) is 11.7. The minimum Gasteiger partial charge on any atom is -0.497 e. The van der Waals surface area contributed by atoms with Gasteiger partial charge in [0.2, 0.25) is 0 Å². The van der Waals surface area contributed by atoms with Crippen LogP contribution in [0, 0.1) is 17.6 Å². The average Bonchev–Trinajstić information content (AvgIpc) is 3.53. The molecule has 2 aromatic rings. The Morgan fingerprint density at radius 3 is 2.48 bits per heavy atom. The fourth-order valence-electron chi connectivity index (χ4n) is 3.35. The first kappa shape index (κ1) is 21.1. The van der Waals surface area contributed by atoms with Crippen LogP contribution in [0.1, 0.15) is 50.5 Å². The minimum absolute atomic E-state index is 0.0822. The second kappa shape index (κ2) is 9.25. The number of hydrogen-bond donors (Lipinski definition) is 1. The molecular weight excluding hydrogens is 378 g/mol. The van der Waals surface area contributed by atoms with Gasteiger partial charge in [-0.05, 0) is 48.9 Å². The maximum absolute atomic E-state index is 15.5. The molecule has 0 aliphatic heterocycles. The molecule has 2 aromatic carbocycles. The Balaban J connectivity index is 2.08. The number of hydrogen-bond acceptors (Lipinski definition) is 3. The van der Waals surface area contributed by atoms with Gasteiger partial charge in [-0.3, -0.25) is 4.79 Å². The van der Waals surface area contributed by atoms with E-state index in [2.05, 4.69) is 0 Å². The molecule has 1 aliphatic rings. The molecule has 1 unspecified atom stereocenters. The summed E-state index contributed by atoms with van der Waals surface area (Å²) < 4.78 is 41.4. The summed E-state index contributed by atoms with van der Waals surface area (Å²) >= 11 is 0. The van der Waals surface area contributed by atoms with Crippen LogP contribution in [0.5, 0.6) is 11.5 Å². The van der Waals surface area contributed by atoms with E-state index in [1.807, 2.05) is 6.92 Å². The van der Waals surface area contributed by atoms with Gasteiger partial charge in [0.25, 0.3) is 0 Å². The highest BCUT2D eigenvalue weighted by Crippen LogP contribution is 2.41. The normalized spacial score (nSPS) is 14.5. The van der Waals surface area contributed by atoms with E-state index in [1.54, 1.807) is 24.3 Å². The Hall–Kier alpha value is -2.63. The van der Waals surface area contributed by atoms with Crippen LogP contribution in [-0.4, -0.2) is 24.8 Å². The first-order valence-electron chi connectivity index (χ1n) is 9.98. The topological polar surface area (TPSA) is 55.8 Å². The number of rotatable bonds is 10. The molecule has 1 N–H and O–H groups in total. The average molecular weight is 404 g/mol. The zero-order chi connectivity index (χ0) is 21.0. The molecule has 1 aliphatic carbocycles. The predicted octanol–water partition coefficient (Wildman–Crippen LogP) is 5.79. The van der Waals surface area contributed by atoms with E-state index in [0.717, 1.165) is 19.3 Å². The molecule has 0 amide bonds. The summed E-state index contributed by atoms with van der Waals surface area (Å²) in [7, 11) is 1.54. The first-order valence-corrected chi connectivity index (χ1v) is 9.98. The number of carboxylic acids is 1. The van der Waals surface area contributed by atoms with Crippen molar-refractivity contribution in [3.8, 4) is 22.6 Å². The van der Waals surface area contributed by atoms with Crippen molar-refractivity contribution in [3.63, 3.8) is 0 Å². The quantitative estimate of drug-likeness (QED) is 0.545. The zero-order valence-corrected chi connectivity index (χ0v) is 16.7. The Morgan fingerprint density at radius 1 is 1.24 bits per heavy atom. The van der Waals surface area contributed by atoms with E-state index in [9.17, 15) is 14.3 Å². The van der Waals surface area contributed by atoms with Gasteiger partial charge in [0.15, 0.2) is 11.6 Å². The smallest absolute Gasteiger partial charge is 0.311 e. The van der Waals surface area contributed by atoms with Crippen LogP contribution >= 0.6 is 0 Å². The lowest BCUT2D eigenvalue weighted by Gasteiger charge is -2.20. The fraction of sp³-hybridized carbons (Fsp3) is 0.435. The zero-order valence-electron chi connectivity index (χ0n) is 16.7. The van der Waals surface area contributed by atoms with Crippen LogP contribution in [0.15, 0.2) is 30.3 Å². The second-order valence-corrected chi connectivity index (χ2v) is 7.48. The van der Waals surface area contributed by atoms with Crippen LogP contribution in [0.2, 0.25) is 0 Å². The summed E-state index contributed by atoms with van der Waals surface area (Å²) in [6.07, 6.45) is 3.50. The maximum Gasteiger partial charge on any atom is 0.311 e. The summed E-state index contributed by atoms with van der Waals surface area (Å²) in [6.45, 7) is 2.24. The molecule has 0 spiro atoms. The molecule has 29 heavy (non-hydrogen) atoms. The van der Waals surface area contributed by atoms with Crippen LogP contribution in [0.25, 0.3) is 11.1 Å². The number of aliphatic carboxylic acids is 1. The van der Waals surface area contributed by atoms with Crippen molar-refractivity contribution in [2.75, 3.05) is 13.7 Å². The van der Waals surface area contributed by atoms with E-state index in [1.165, 1.54) is 13.2 Å². The van der Waals surface area contributed by atoms with E-state index >= 15 is 4.39 Å². The summed E-state index contributed by atoms with van der Waals surface area (Å²) in [5.41, 5.74) is 0.419. The molecule has 0 bridgehead atoms. The summed E-state index contributed by atoms with van der Waals surface area (Å²) in [5.74, 6) is -3.36. The third-order valence-corrected chi connectivity index (χ3v) is 5.26. The van der Waals surface area contributed by atoms with Gasteiger partial charge in [-0.15, -0.1) is 0 Å². The van der Waals surface area contributed by atoms with Crippen molar-refractivity contribution in [1.82, 2.24) is 0 Å². The lowest BCUT2D eigenvalue weighted by Crippen LogP contribution is -2.17. The Morgan fingerprint density at radius 2 is 1.93 bits per heavy atom. The van der Waals surface area contributed by atoms with Crippen molar-refractivity contribution in [1.29, 1.82) is 0 Å². The van der Waals surface area contributed by atoms with Crippen molar-refractivity contribution >= 4 is 5.97 Å². The number of benzene rings is 2. The molecule has 6 heteroatoms. The van der Waals surface area contributed by atoms with Gasteiger partial charge in [-0.2, -0.15) is 0 Å². The van der Waals surface area contributed by atoms with Crippen molar-refractivity contribution in [2.45, 2.75) is 44.9 Å². The molecule has 1 saturated carbocycles. The van der Waals surface area contributed by atoms with Gasteiger partial charge in [-0.1, -0.05) is 31.9 Å². The third-order valence-electron chi connectivity index (χ3n) is 5.26. The molecule has 156 valence electrons. The largest absolute Gasteiger partial charge is 0.497 e. The van der Waals surface area contributed by atoms with E-state index in [0.29, 0.717) is 30.3 Å². The molecule has 4 nitrogen and oxygen atoms in total. The summed E-state index contributed by atoms with van der Waals surface area (Å²) in [6, 6.07) is 7.98. The van der Waals surface area contributed by atoms with E-state index in [-0.39, 0.29) is 17.7 Å². The molecule has 1 fully saturated rings. The van der Waals surface area contributed by atoms with E-state index in [4.69, 9.17) is 9.47 Å². The highest BCUT2D eigenvalue weighted by atomic mass is 19.1. The number of carbonyl (C=O) groups is 1. The van der Waals surface area contributed by atoms with Crippen molar-refractivity contribution in [2.24, 2.45) is 5.92 Å². The molecule has 1 atom stereocenters. The fourth-order valence-corrected chi connectivity index (χ4v) is 3.35. The minimum atomic E-state index is -1.25. The molecule has 0 heterocycles. The molecule has 3 rings (SSSR count). The van der Waals surface area contributed by atoms with Gasteiger partial charge in [-0.25, -0.2) is 8.78 Å². The Bertz CT molecular complexity index is 860. The molecular formula is C23H26F2O4. The number of unbranched alkanes of at least 4 members (excludes halogenated alkanes) is 1. The highest BCUT2D eigenvalue weighted by molar-refractivity contribution is 5.79. The molecule has 0 radical (unpaired) electrons. The van der Waals surface area contributed by atoms with Gasteiger partial charge < -0.3 is 14.6 Å². The Labute approximate surface area is 169 Å². The number of methoxy groups -OCH3 is 1. The van der Waals surface area contributed by atoms with E-state index < -0.39 is 29.1 Å². The monoisotopic (exact) mass is 404 g/mol. The standard InChI is InChI=1S/C23H26F2O4/c1-3-4-5-17(23(26)27)20-19(24)12-18(15-8-10-16(28-2)11-9-15)22(21(20)25)29-13-14-6-7-14/h8-12,14,17H,3-7,13H2,1-2H3,(H,26,27). The van der Waals surface area contributed by atoms with Gasteiger partial charge in [0.1, 0.15) is 11.6 Å². The Kier molecular flexibility index (Phi) is 6.72. The lowest BCUT2D eigenvalue weighted by molar-refractivity contribution is -0.139. The third kappa shape index (κ3) is 4.86. The van der Waals surface area contributed by atoms with Gasteiger partial charge >= 0.3 is 5.97 Å². The summed E-state index contributed by atoms with van der Waals surface area (Å²) in [5, 5.41) is 9.58. The van der Waals surface area contributed by atoms with Gasteiger partial charge in [0, 0.05) is 11.1 Å². The highest BCUT2D eigenvalue weighted by Gasteiger charge is 2.31.